The van der Waals surface area contributed by atoms with Gasteiger partial charge in [0.2, 0.25) is 5.91 Å². The molecule has 4 heteroatoms. The number of aliphatic carboxylic acids is 1. The van der Waals surface area contributed by atoms with Crippen molar-refractivity contribution in [3.05, 3.63) is 60.2 Å². The number of carboxylic acids is 1. The first-order chi connectivity index (χ1) is 15.6. The lowest BCUT2D eigenvalue weighted by atomic mass is 9.46. The van der Waals surface area contributed by atoms with Gasteiger partial charge < -0.3 is 10.4 Å². The summed E-state index contributed by atoms with van der Waals surface area (Å²) in [6.45, 7) is 10.8. The number of hydrogen-bond acceptors (Lipinski definition) is 2. The van der Waals surface area contributed by atoms with Gasteiger partial charge in [0.15, 0.2) is 0 Å². The molecule has 2 saturated carbocycles. The van der Waals surface area contributed by atoms with E-state index in [4.69, 9.17) is 0 Å². The van der Waals surface area contributed by atoms with Gasteiger partial charge in [0.1, 0.15) is 6.04 Å². The van der Waals surface area contributed by atoms with Gasteiger partial charge in [-0.2, -0.15) is 0 Å². The number of rotatable bonds is 6. The van der Waals surface area contributed by atoms with Crippen molar-refractivity contribution in [1.29, 1.82) is 0 Å². The van der Waals surface area contributed by atoms with Crippen molar-refractivity contribution in [2.75, 3.05) is 0 Å². The summed E-state index contributed by atoms with van der Waals surface area (Å²) in [6.07, 6.45) is 12.1. The zero-order valence-corrected chi connectivity index (χ0v) is 20.4. The fraction of sp³-hybridized carbons (Fsp3) is 0.586. The minimum Gasteiger partial charge on any atom is -0.480 e. The number of amides is 1. The van der Waals surface area contributed by atoms with Crippen molar-refractivity contribution < 1.29 is 14.7 Å². The molecule has 1 aromatic rings. The number of allylic oxidation sites excluding steroid dienone is 3. The van der Waals surface area contributed by atoms with E-state index in [-0.39, 0.29) is 22.7 Å². The number of carboxylic acid groups (broad SMARTS) is 1. The van der Waals surface area contributed by atoms with Crippen LogP contribution in [-0.4, -0.2) is 23.0 Å². The molecule has 0 aliphatic heterocycles. The molecule has 3 aliphatic rings. The van der Waals surface area contributed by atoms with Gasteiger partial charge in [0.05, 0.1) is 5.41 Å². The van der Waals surface area contributed by atoms with E-state index in [0.29, 0.717) is 12.3 Å². The van der Waals surface area contributed by atoms with Crippen LogP contribution in [0.2, 0.25) is 0 Å². The van der Waals surface area contributed by atoms with Crippen molar-refractivity contribution in [2.24, 2.45) is 28.1 Å². The number of benzene rings is 1. The summed E-state index contributed by atoms with van der Waals surface area (Å²) in [5.74, 6) is -0.261. The first kappa shape index (κ1) is 23.8. The predicted molar refractivity (Wildman–Crippen MR) is 132 cm³/mol. The minimum absolute atomic E-state index is 0.00784. The summed E-state index contributed by atoms with van der Waals surface area (Å²) < 4.78 is 0. The molecule has 178 valence electrons. The van der Waals surface area contributed by atoms with Crippen LogP contribution in [0.3, 0.4) is 0 Å². The van der Waals surface area contributed by atoms with E-state index in [9.17, 15) is 14.7 Å². The van der Waals surface area contributed by atoms with Gasteiger partial charge in [-0.3, -0.25) is 4.79 Å². The van der Waals surface area contributed by atoms with Crippen LogP contribution in [0.5, 0.6) is 0 Å². The lowest BCUT2D eigenvalue weighted by molar-refractivity contribution is -0.148. The van der Waals surface area contributed by atoms with E-state index >= 15 is 0 Å². The van der Waals surface area contributed by atoms with Crippen molar-refractivity contribution in [3.8, 4) is 0 Å². The van der Waals surface area contributed by atoms with Crippen LogP contribution in [0.1, 0.15) is 71.3 Å². The van der Waals surface area contributed by atoms with Gasteiger partial charge in [-0.1, -0.05) is 75.2 Å². The third-order valence-corrected chi connectivity index (χ3v) is 9.23. The highest BCUT2D eigenvalue weighted by molar-refractivity contribution is 5.88. The summed E-state index contributed by atoms with van der Waals surface area (Å²) in [5, 5.41) is 12.8. The number of fused-ring (bicyclic) bond motifs is 3. The molecule has 0 radical (unpaired) electrons. The third-order valence-electron chi connectivity index (χ3n) is 9.23. The zero-order chi connectivity index (χ0) is 23.9. The third kappa shape index (κ3) is 4.29. The zero-order valence-electron chi connectivity index (χ0n) is 20.4. The van der Waals surface area contributed by atoms with Crippen molar-refractivity contribution >= 4 is 11.9 Å². The lowest BCUT2D eigenvalue weighted by Crippen LogP contribution is -2.57. The SMILES string of the molecule is C=C[C@@]1(C)CC=C2[C@@H](CC[C@@H]3[C@](C)(C(=O)N[C@@H](Cc4ccccc4)C(=O)O)CCC[C@@]23C)C1. The fourth-order valence-corrected chi connectivity index (χ4v) is 7.26. The molecule has 3 aliphatic carbocycles. The number of nitrogens with one attached hydrogen (secondary N) is 1. The Kier molecular flexibility index (Phi) is 6.32. The highest BCUT2D eigenvalue weighted by atomic mass is 16.4. The van der Waals surface area contributed by atoms with E-state index < -0.39 is 17.4 Å². The van der Waals surface area contributed by atoms with Crippen molar-refractivity contribution in [1.82, 2.24) is 5.32 Å². The molecule has 0 spiro atoms. The van der Waals surface area contributed by atoms with E-state index in [1.165, 1.54) is 0 Å². The van der Waals surface area contributed by atoms with Crippen LogP contribution >= 0.6 is 0 Å². The molecule has 1 aromatic carbocycles. The fourth-order valence-electron chi connectivity index (χ4n) is 7.26. The molecule has 4 rings (SSSR count). The number of carbonyl (C=O) groups is 2. The molecule has 0 heterocycles. The van der Waals surface area contributed by atoms with E-state index in [0.717, 1.165) is 50.5 Å². The summed E-state index contributed by atoms with van der Waals surface area (Å²) in [7, 11) is 0. The van der Waals surface area contributed by atoms with Gasteiger partial charge in [0, 0.05) is 6.42 Å². The molecule has 6 atom stereocenters. The average molecular weight is 450 g/mol. The van der Waals surface area contributed by atoms with Crippen LogP contribution in [-0.2, 0) is 16.0 Å². The molecule has 0 unspecified atom stereocenters. The quantitative estimate of drug-likeness (QED) is 0.529. The molecule has 0 bridgehead atoms. The maximum atomic E-state index is 13.7. The lowest BCUT2D eigenvalue weighted by Gasteiger charge is -2.58. The van der Waals surface area contributed by atoms with Crippen LogP contribution in [0, 0.1) is 28.1 Å². The summed E-state index contributed by atoms with van der Waals surface area (Å²) in [6, 6.07) is 8.62. The molecular formula is C29H39NO3. The van der Waals surface area contributed by atoms with Gasteiger partial charge >= 0.3 is 5.97 Å². The summed E-state index contributed by atoms with van der Waals surface area (Å²) in [5.41, 5.74) is 2.09. The smallest absolute Gasteiger partial charge is 0.326 e. The minimum atomic E-state index is -0.975. The topological polar surface area (TPSA) is 66.4 Å². The van der Waals surface area contributed by atoms with Crippen LogP contribution in [0.4, 0.5) is 0 Å². The molecule has 0 aromatic heterocycles. The normalized spacial score (nSPS) is 36.5. The molecular weight excluding hydrogens is 410 g/mol. The molecule has 2 N–H and O–H groups in total. The molecule has 2 fully saturated rings. The summed E-state index contributed by atoms with van der Waals surface area (Å²) in [4.78, 5) is 25.7. The Bertz CT molecular complexity index is 953. The van der Waals surface area contributed by atoms with Crippen LogP contribution in [0.15, 0.2) is 54.6 Å². The monoisotopic (exact) mass is 449 g/mol. The Morgan fingerprint density at radius 3 is 2.58 bits per heavy atom. The largest absolute Gasteiger partial charge is 0.480 e. The highest BCUT2D eigenvalue weighted by Gasteiger charge is 2.57. The number of hydrogen-bond donors (Lipinski definition) is 2. The van der Waals surface area contributed by atoms with E-state index in [2.05, 4.69) is 44.8 Å². The first-order valence-electron chi connectivity index (χ1n) is 12.5. The maximum absolute atomic E-state index is 13.7. The Labute approximate surface area is 198 Å². The molecule has 0 saturated heterocycles. The molecule has 4 nitrogen and oxygen atoms in total. The molecule has 33 heavy (non-hydrogen) atoms. The van der Waals surface area contributed by atoms with Crippen LogP contribution < -0.4 is 5.32 Å². The second-order valence-corrected chi connectivity index (χ2v) is 11.5. The van der Waals surface area contributed by atoms with Gasteiger partial charge in [-0.05, 0) is 66.8 Å². The highest BCUT2D eigenvalue weighted by Crippen LogP contribution is 2.63. The Hall–Kier alpha value is -2.36. The van der Waals surface area contributed by atoms with Crippen LogP contribution in [0.25, 0.3) is 0 Å². The first-order valence-corrected chi connectivity index (χ1v) is 12.5. The average Bonchev–Trinajstić information content (AvgIpc) is 2.78. The Morgan fingerprint density at radius 2 is 1.91 bits per heavy atom. The Balaban J connectivity index is 1.57. The van der Waals surface area contributed by atoms with Gasteiger partial charge in [-0.15, -0.1) is 6.58 Å². The van der Waals surface area contributed by atoms with Gasteiger partial charge in [-0.25, -0.2) is 4.79 Å². The standard InChI is InChI=1S/C29H39NO3/c1-5-27(2)17-14-22-21(19-27)12-13-24-28(22,3)15-9-16-29(24,4)26(33)30-23(25(31)32)18-20-10-7-6-8-11-20/h5-8,10-11,14,21,23-24H,1,9,12-13,15-19H2,2-4H3,(H,30,33)(H,31,32)/t21-,23-,24-,27-,28-,29+/m0/s1. The number of carbonyl (C=O) groups excluding carboxylic acids is 1. The van der Waals surface area contributed by atoms with E-state index in [1.807, 2.05) is 30.3 Å². The predicted octanol–water partition coefficient (Wildman–Crippen LogP) is 5.93. The van der Waals surface area contributed by atoms with Crippen molar-refractivity contribution in [2.45, 2.75) is 78.2 Å². The van der Waals surface area contributed by atoms with E-state index in [1.54, 1.807) is 5.57 Å². The molecule has 1 amide bonds. The summed E-state index contributed by atoms with van der Waals surface area (Å²) >= 11 is 0. The Morgan fingerprint density at radius 1 is 1.18 bits per heavy atom. The van der Waals surface area contributed by atoms with Gasteiger partial charge in [0.25, 0.3) is 0 Å². The maximum Gasteiger partial charge on any atom is 0.326 e. The second kappa shape index (κ2) is 8.77. The second-order valence-electron chi connectivity index (χ2n) is 11.5. The van der Waals surface area contributed by atoms with Crippen molar-refractivity contribution in [3.63, 3.8) is 0 Å².